The Labute approximate surface area is 150 Å². The fourth-order valence-electron chi connectivity index (χ4n) is 2.52. The van der Waals surface area contributed by atoms with Gasteiger partial charge in [0.1, 0.15) is 5.82 Å². The number of carbonyl (C=O) groups is 3. The van der Waals surface area contributed by atoms with Crippen LogP contribution in [0.1, 0.15) is 31.1 Å². The minimum absolute atomic E-state index is 0.0103. The minimum atomic E-state index is -0.748. The number of carbonyl (C=O) groups excluding carboxylic acids is 3. The maximum absolute atomic E-state index is 12.5. The van der Waals surface area contributed by atoms with Crippen LogP contribution in [0.5, 0.6) is 0 Å². The molecule has 0 unspecified atom stereocenters. The lowest BCUT2D eigenvalue weighted by atomic mass is 10.1. The van der Waals surface area contributed by atoms with Gasteiger partial charge < -0.3 is 10.5 Å². The minimum Gasteiger partial charge on any atom is -0.465 e. The highest BCUT2D eigenvalue weighted by Gasteiger charge is 2.33. The number of ether oxygens (including phenoxy) is 1. The van der Waals surface area contributed by atoms with Gasteiger partial charge in [-0.2, -0.15) is 0 Å². The van der Waals surface area contributed by atoms with Crippen LogP contribution in [-0.4, -0.2) is 29.5 Å². The van der Waals surface area contributed by atoms with E-state index in [9.17, 15) is 19.2 Å². The number of methoxy groups -OCH3 is 1. The van der Waals surface area contributed by atoms with E-state index in [2.05, 4.69) is 4.74 Å². The van der Waals surface area contributed by atoms with E-state index in [1.165, 1.54) is 19.2 Å². The van der Waals surface area contributed by atoms with Gasteiger partial charge in [0.05, 0.1) is 39.5 Å². The molecule has 2 heterocycles. The van der Waals surface area contributed by atoms with E-state index >= 15 is 0 Å². The first-order chi connectivity index (χ1) is 11.8. The molecule has 1 aliphatic heterocycles. The van der Waals surface area contributed by atoms with Crippen molar-refractivity contribution >= 4 is 46.8 Å². The number of hydrogen-bond donors (Lipinski definition) is 2. The highest BCUT2D eigenvalue weighted by molar-refractivity contribution is 6.39. The van der Waals surface area contributed by atoms with Crippen LogP contribution in [0.15, 0.2) is 23.0 Å². The Kier molecular flexibility index (Phi) is 4.02. The third kappa shape index (κ3) is 2.46. The standard InChI is InChI=1S/C15H9Cl2N3O5/c1-25-15(24)5-2-3-7(16)11(10(5)17)20-8(21)4-6-9(12(20)18)14(23)19-13(6)22/h2-4H,18H2,1H3,(H,19,22,23). The van der Waals surface area contributed by atoms with E-state index in [1.54, 1.807) is 0 Å². The third-order valence-corrected chi connectivity index (χ3v) is 4.34. The normalized spacial score (nSPS) is 12.8. The lowest BCUT2D eigenvalue weighted by Crippen LogP contribution is -2.25. The number of amides is 2. The number of anilines is 1. The molecule has 0 atom stereocenters. The van der Waals surface area contributed by atoms with Crippen molar-refractivity contribution in [3.05, 3.63) is 55.3 Å². The van der Waals surface area contributed by atoms with Crippen LogP contribution in [0, 0.1) is 0 Å². The molecule has 128 valence electrons. The number of nitrogens with zero attached hydrogens (tertiary/aromatic N) is 1. The van der Waals surface area contributed by atoms with Gasteiger partial charge >= 0.3 is 5.97 Å². The van der Waals surface area contributed by atoms with Crippen LogP contribution in [-0.2, 0) is 4.74 Å². The van der Waals surface area contributed by atoms with Gasteiger partial charge in [0, 0.05) is 6.07 Å². The maximum Gasteiger partial charge on any atom is 0.339 e. The van der Waals surface area contributed by atoms with Gasteiger partial charge in [-0.15, -0.1) is 0 Å². The van der Waals surface area contributed by atoms with Gasteiger partial charge in [0.25, 0.3) is 17.4 Å². The van der Waals surface area contributed by atoms with Crippen LogP contribution in [0.2, 0.25) is 10.0 Å². The fourth-order valence-corrected chi connectivity index (χ4v) is 3.14. The molecule has 3 rings (SSSR count). The molecule has 1 aromatic heterocycles. The number of pyridine rings is 1. The molecule has 0 saturated heterocycles. The van der Waals surface area contributed by atoms with E-state index in [1.807, 2.05) is 5.32 Å². The molecule has 0 bridgehead atoms. The number of rotatable bonds is 2. The second-order valence-corrected chi connectivity index (χ2v) is 5.81. The zero-order valence-corrected chi connectivity index (χ0v) is 14.1. The van der Waals surface area contributed by atoms with Gasteiger partial charge in [-0.05, 0) is 12.1 Å². The highest BCUT2D eigenvalue weighted by Crippen LogP contribution is 2.34. The van der Waals surface area contributed by atoms with Gasteiger partial charge in [0.2, 0.25) is 0 Å². The highest BCUT2D eigenvalue weighted by atomic mass is 35.5. The average molecular weight is 382 g/mol. The summed E-state index contributed by atoms with van der Waals surface area (Å²) in [6.07, 6.45) is 0. The Morgan fingerprint density at radius 2 is 1.88 bits per heavy atom. The number of fused-ring (bicyclic) bond motifs is 1. The first-order valence-electron chi connectivity index (χ1n) is 6.75. The number of nitrogens with two attached hydrogens (primary N) is 1. The Balaban J connectivity index is 2.38. The van der Waals surface area contributed by atoms with Crippen molar-refractivity contribution in [3.63, 3.8) is 0 Å². The largest absolute Gasteiger partial charge is 0.465 e. The number of halogens is 2. The summed E-state index contributed by atoms with van der Waals surface area (Å²) in [5, 5.41) is 1.87. The molecule has 1 aliphatic rings. The second kappa shape index (κ2) is 5.91. The van der Waals surface area contributed by atoms with Crippen LogP contribution < -0.4 is 16.6 Å². The van der Waals surface area contributed by atoms with E-state index in [0.29, 0.717) is 0 Å². The summed E-state index contributed by atoms with van der Waals surface area (Å²) in [4.78, 5) is 47.9. The first-order valence-corrected chi connectivity index (χ1v) is 7.51. The van der Waals surface area contributed by atoms with Gasteiger partial charge in [0.15, 0.2) is 0 Å². The fraction of sp³-hybridized carbons (Fsp3) is 0.0667. The monoisotopic (exact) mass is 381 g/mol. The second-order valence-electron chi connectivity index (χ2n) is 5.02. The summed E-state index contributed by atoms with van der Waals surface area (Å²) in [6, 6.07) is 3.60. The lowest BCUT2D eigenvalue weighted by molar-refractivity contribution is 0.0600. The molecule has 0 saturated carbocycles. The number of hydrogen-bond acceptors (Lipinski definition) is 6. The molecular weight excluding hydrogens is 373 g/mol. The lowest BCUT2D eigenvalue weighted by Gasteiger charge is -2.16. The molecule has 1 aromatic carbocycles. The number of imide groups is 1. The molecule has 0 fully saturated rings. The summed E-state index contributed by atoms with van der Waals surface area (Å²) >= 11 is 12.3. The summed E-state index contributed by atoms with van der Waals surface area (Å²) in [6.45, 7) is 0. The maximum atomic E-state index is 12.5. The Morgan fingerprint density at radius 3 is 2.52 bits per heavy atom. The summed E-state index contributed by atoms with van der Waals surface area (Å²) in [5.74, 6) is -2.54. The average Bonchev–Trinajstić information content (AvgIpc) is 2.83. The van der Waals surface area contributed by atoms with Crippen molar-refractivity contribution in [1.29, 1.82) is 0 Å². The van der Waals surface area contributed by atoms with Crippen molar-refractivity contribution in [2.24, 2.45) is 0 Å². The predicted molar refractivity (Wildman–Crippen MR) is 89.6 cm³/mol. The number of aromatic nitrogens is 1. The van der Waals surface area contributed by atoms with Crippen molar-refractivity contribution in [3.8, 4) is 5.69 Å². The van der Waals surface area contributed by atoms with Crippen molar-refractivity contribution in [1.82, 2.24) is 9.88 Å². The SMILES string of the molecule is COC(=O)c1ccc(Cl)c(-n2c(N)c3c(cc2=O)C(=O)NC3=O)c1Cl. The topological polar surface area (TPSA) is 120 Å². The molecule has 0 radical (unpaired) electrons. The smallest absolute Gasteiger partial charge is 0.339 e. The quantitative estimate of drug-likeness (QED) is 0.598. The van der Waals surface area contributed by atoms with Crippen LogP contribution in [0.4, 0.5) is 5.82 Å². The molecule has 0 aliphatic carbocycles. The number of esters is 1. The molecule has 2 aromatic rings. The molecule has 2 amide bonds. The zero-order valence-electron chi connectivity index (χ0n) is 12.6. The zero-order chi connectivity index (χ0) is 18.5. The third-order valence-electron chi connectivity index (χ3n) is 3.65. The number of nitrogen functional groups attached to an aromatic ring is 1. The molecule has 0 spiro atoms. The Bertz CT molecular complexity index is 1030. The van der Waals surface area contributed by atoms with Crippen molar-refractivity contribution in [2.75, 3.05) is 12.8 Å². The van der Waals surface area contributed by atoms with Gasteiger partial charge in [-0.1, -0.05) is 23.2 Å². The van der Waals surface area contributed by atoms with Crippen molar-refractivity contribution < 1.29 is 19.1 Å². The summed E-state index contributed by atoms with van der Waals surface area (Å²) in [7, 11) is 1.17. The number of benzene rings is 1. The predicted octanol–water partition coefficient (Wildman–Crippen LogP) is 1.40. The number of nitrogens with one attached hydrogen (secondary N) is 1. The summed E-state index contributed by atoms with van der Waals surface area (Å²) in [5.41, 5.74) is 4.74. The Hall–Kier alpha value is -2.84. The molecule has 3 N–H and O–H groups in total. The van der Waals surface area contributed by atoms with Crippen LogP contribution in [0.3, 0.4) is 0 Å². The summed E-state index contributed by atoms with van der Waals surface area (Å²) < 4.78 is 5.49. The van der Waals surface area contributed by atoms with E-state index in [4.69, 9.17) is 28.9 Å². The first kappa shape index (κ1) is 17.0. The molecular formula is C15H9Cl2N3O5. The van der Waals surface area contributed by atoms with Crippen molar-refractivity contribution in [2.45, 2.75) is 0 Å². The Morgan fingerprint density at radius 1 is 1.20 bits per heavy atom. The molecule has 25 heavy (non-hydrogen) atoms. The van der Waals surface area contributed by atoms with E-state index in [0.717, 1.165) is 10.6 Å². The van der Waals surface area contributed by atoms with Crippen LogP contribution >= 0.6 is 23.2 Å². The molecule has 10 heteroatoms. The van der Waals surface area contributed by atoms with Gasteiger partial charge in [-0.3, -0.25) is 24.3 Å². The van der Waals surface area contributed by atoms with E-state index < -0.39 is 23.3 Å². The van der Waals surface area contributed by atoms with E-state index in [-0.39, 0.29) is 38.2 Å². The molecule has 8 nitrogen and oxygen atoms in total. The van der Waals surface area contributed by atoms with Crippen LogP contribution in [0.25, 0.3) is 5.69 Å². The van der Waals surface area contributed by atoms with Gasteiger partial charge in [-0.25, -0.2) is 4.79 Å².